The van der Waals surface area contributed by atoms with E-state index in [1.54, 1.807) is 24.3 Å². The molecule has 1 aromatic carbocycles. The Balaban J connectivity index is 0.00000208. The fourth-order valence-electron chi connectivity index (χ4n) is 2.80. The van der Waals surface area contributed by atoms with Crippen molar-refractivity contribution in [1.29, 1.82) is 0 Å². The van der Waals surface area contributed by atoms with Gasteiger partial charge in [-0.2, -0.15) is 8.42 Å². The number of benzene rings is 1. The SMILES string of the molecule is Cc1ccc(S(=O)(=O)OCCCC(CC2CO2)CC2CO2)cc1.N. The highest BCUT2D eigenvalue weighted by Crippen LogP contribution is 2.30. The Morgan fingerprint density at radius 1 is 1.12 bits per heavy atom. The molecule has 2 heterocycles. The first kappa shape index (κ1) is 19.3. The van der Waals surface area contributed by atoms with Crippen molar-refractivity contribution in [3.8, 4) is 0 Å². The van der Waals surface area contributed by atoms with Crippen molar-refractivity contribution in [2.45, 2.75) is 49.7 Å². The number of hydrogen-bond donors (Lipinski definition) is 1. The fourth-order valence-corrected chi connectivity index (χ4v) is 3.74. The van der Waals surface area contributed by atoms with Crippen LogP contribution in [0.3, 0.4) is 0 Å². The molecule has 0 spiro atoms. The summed E-state index contributed by atoms with van der Waals surface area (Å²) >= 11 is 0. The van der Waals surface area contributed by atoms with Gasteiger partial charge in [0, 0.05) is 0 Å². The molecule has 3 rings (SSSR count). The van der Waals surface area contributed by atoms with Crippen LogP contribution in [0.25, 0.3) is 0 Å². The summed E-state index contributed by atoms with van der Waals surface area (Å²) in [6.45, 7) is 3.87. The van der Waals surface area contributed by atoms with Gasteiger partial charge in [0.05, 0.1) is 36.9 Å². The maximum absolute atomic E-state index is 12.1. The molecule has 0 amide bonds. The van der Waals surface area contributed by atoms with E-state index < -0.39 is 10.1 Å². The highest BCUT2D eigenvalue weighted by atomic mass is 32.2. The van der Waals surface area contributed by atoms with Crippen molar-refractivity contribution in [2.75, 3.05) is 19.8 Å². The second-order valence-electron chi connectivity index (χ2n) is 6.48. The summed E-state index contributed by atoms with van der Waals surface area (Å²) in [5.74, 6) is 0.528. The van der Waals surface area contributed by atoms with E-state index in [0.717, 1.165) is 44.5 Å². The highest BCUT2D eigenvalue weighted by molar-refractivity contribution is 7.86. The van der Waals surface area contributed by atoms with Crippen LogP contribution in [0, 0.1) is 12.8 Å². The molecule has 136 valence electrons. The molecule has 1 aromatic rings. The average molecular weight is 357 g/mol. The Kier molecular flexibility index (Phi) is 6.77. The zero-order chi connectivity index (χ0) is 16.3. The molecule has 0 bridgehead atoms. The van der Waals surface area contributed by atoms with Gasteiger partial charge < -0.3 is 15.6 Å². The maximum atomic E-state index is 12.1. The molecule has 0 aliphatic carbocycles. The zero-order valence-corrected chi connectivity index (χ0v) is 15.0. The van der Waals surface area contributed by atoms with E-state index in [0.29, 0.717) is 18.1 Å². The molecule has 24 heavy (non-hydrogen) atoms. The van der Waals surface area contributed by atoms with Crippen LogP contribution in [0.4, 0.5) is 0 Å². The summed E-state index contributed by atoms with van der Waals surface area (Å²) in [6.07, 6.45) is 4.57. The van der Waals surface area contributed by atoms with Crippen LogP contribution in [-0.2, 0) is 23.8 Å². The molecule has 6 nitrogen and oxygen atoms in total. The van der Waals surface area contributed by atoms with Crippen molar-refractivity contribution in [3.63, 3.8) is 0 Å². The van der Waals surface area contributed by atoms with Crippen molar-refractivity contribution in [3.05, 3.63) is 29.8 Å². The van der Waals surface area contributed by atoms with E-state index >= 15 is 0 Å². The van der Waals surface area contributed by atoms with Crippen LogP contribution >= 0.6 is 0 Å². The van der Waals surface area contributed by atoms with Crippen LogP contribution in [0.1, 0.15) is 31.2 Å². The van der Waals surface area contributed by atoms with Crippen LogP contribution in [0.5, 0.6) is 0 Å². The molecule has 0 aromatic heterocycles. The normalized spacial score (nSPS) is 23.4. The van der Waals surface area contributed by atoms with Gasteiger partial charge in [-0.3, -0.25) is 4.18 Å². The van der Waals surface area contributed by atoms with E-state index in [-0.39, 0.29) is 17.7 Å². The van der Waals surface area contributed by atoms with E-state index in [1.165, 1.54) is 0 Å². The minimum Gasteiger partial charge on any atom is -0.373 e. The van der Waals surface area contributed by atoms with Gasteiger partial charge in [-0.15, -0.1) is 0 Å². The molecule has 2 atom stereocenters. The fraction of sp³-hybridized carbons (Fsp3) is 0.647. The van der Waals surface area contributed by atoms with Crippen LogP contribution in [-0.4, -0.2) is 40.4 Å². The third kappa shape index (κ3) is 6.14. The van der Waals surface area contributed by atoms with Gasteiger partial charge >= 0.3 is 0 Å². The van der Waals surface area contributed by atoms with Gasteiger partial charge in [-0.25, -0.2) is 0 Å². The zero-order valence-electron chi connectivity index (χ0n) is 14.1. The lowest BCUT2D eigenvalue weighted by Crippen LogP contribution is -2.11. The Bertz CT molecular complexity index is 594. The summed E-state index contributed by atoms with van der Waals surface area (Å²) in [4.78, 5) is 0.220. The van der Waals surface area contributed by atoms with E-state index in [1.807, 2.05) is 6.92 Å². The number of aryl methyl sites for hydroxylation is 1. The molecule has 0 radical (unpaired) electrons. The molecular formula is C17H27NO5S. The molecule has 3 N–H and O–H groups in total. The number of hydrogen-bond acceptors (Lipinski definition) is 6. The van der Waals surface area contributed by atoms with E-state index in [4.69, 9.17) is 13.7 Å². The lowest BCUT2D eigenvalue weighted by atomic mass is 9.93. The van der Waals surface area contributed by atoms with Gasteiger partial charge in [-0.05, 0) is 50.7 Å². The minimum atomic E-state index is -3.65. The monoisotopic (exact) mass is 357 g/mol. The Morgan fingerprint density at radius 3 is 2.17 bits per heavy atom. The predicted octanol–water partition coefficient (Wildman–Crippen LogP) is 2.84. The van der Waals surface area contributed by atoms with Crippen molar-refractivity contribution < 1.29 is 22.1 Å². The Labute approximate surface area is 144 Å². The van der Waals surface area contributed by atoms with Crippen molar-refractivity contribution >= 4 is 10.1 Å². The minimum absolute atomic E-state index is 0. The first-order valence-corrected chi connectivity index (χ1v) is 9.63. The standard InChI is InChI=1S/C17H24O5S.H3N/c1-13-4-6-17(7-5-13)23(18,19)22-8-2-3-14(9-15-11-20-15)10-16-12-21-16;/h4-7,14-16H,2-3,8-12H2,1H3;1H3. The second-order valence-corrected chi connectivity index (χ2v) is 8.09. The van der Waals surface area contributed by atoms with Gasteiger partial charge in [0.2, 0.25) is 0 Å². The summed E-state index contributed by atoms with van der Waals surface area (Å²) in [5.41, 5.74) is 1.02. The molecule has 7 heteroatoms. The van der Waals surface area contributed by atoms with Gasteiger partial charge in [0.25, 0.3) is 10.1 Å². The van der Waals surface area contributed by atoms with Crippen LogP contribution in [0.15, 0.2) is 29.2 Å². The Morgan fingerprint density at radius 2 is 1.67 bits per heavy atom. The van der Waals surface area contributed by atoms with Gasteiger partial charge in [0.15, 0.2) is 0 Å². The second kappa shape index (κ2) is 8.40. The summed E-state index contributed by atoms with van der Waals surface area (Å²) in [6, 6.07) is 6.72. The first-order valence-electron chi connectivity index (χ1n) is 8.22. The summed E-state index contributed by atoms with van der Waals surface area (Å²) < 4.78 is 40.0. The van der Waals surface area contributed by atoms with Gasteiger partial charge in [0.1, 0.15) is 0 Å². The smallest absolute Gasteiger partial charge is 0.296 e. The van der Waals surface area contributed by atoms with Gasteiger partial charge in [-0.1, -0.05) is 17.7 Å². The van der Waals surface area contributed by atoms with Crippen molar-refractivity contribution in [2.24, 2.45) is 5.92 Å². The maximum Gasteiger partial charge on any atom is 0.296 e. The van der Waals surface area contributed by atoms with E-state index in [9.17, 15) is 8.42 Å². The summed E-state index contributed by atoms with van der Waals surface area (Å²) in [5, 5.41) is 0. The molecular weight excluding hydrogens is 330 g/mol. The molecule has 2 saturated heterocycles. The van der Waals surface area contributed by atoms with Crippen LogP contribution in [0.2, 0.25) is 0 Å². The lowest BCUT2D eigenvalue weighted by molar-refractivity contribution is 0.262. The highest BCUT2D eigenvalue weighted by Gasteiger charge is 2.31. The molecule has 2 fully saturated rings. The molecule has 0 saturated carbocycles. The third-order valence-corrected chi connectivity index (χ3v) is 5.63. The topological polar surface area (TPSA) is 103 Å². The molecule has 2 unspecified atom stereocenters. The van der Waals surface area contributed by atoms with Crippen molar-refractivity contribution in [1.82, 2.24) is 6.15 Å². The number of ether oxygens (including phenoxy) is 2. The largest absolute Gasteiger partial charge is 0.373 e. The predicted molar refractivity (Wildman–Crippen MR) is 90.8 cm³/mol. The average Bonchev–Trinajstić information content (AvgIpc) is 3.40. The number of rotatable bonds is 10. The third-order valence-electron chi connectivity index (χ3n) is 4.30. The van der Waals surface area contributed by atoms with Crippen LogP contribution < -0.4 is 6.15 Å². The Hall–Kier alpha value is -0.990. The molecule has 2 aliphatic heterocycles. The lowest BCUT2D eigenvalue weighted by Gasteiger charge is -2.14. The number of epoxide rings is 2. The quantitative estimate of drug-likeness (QED) is 0.392. The molecule has 2 aliphatic rings. The first-order chi connectivity index (χ1) is 11.0. The van der Waals surface area contributed by atoms with E-state index in [2.05, 4.69) is 0 Å². The summed E-state index contributed by atoms with van der Waals surface area (Å²) in [7, 11) is -3.65.